The summed E-state index contributed by atoms with van der Waals surface area (Å²) < 4.78 is 41.4. The second-order valence-electron chi connectivity index (χ2n) is 3.62. The van der Waals surface area contributed by atoms with Crippen LogP contribution in [0.2, 0.25) is 0 Å². The molecule has 0 aliphatic carbocycles. The fourth-order valence-corrected chi connectivity index (χ4v) is 1.65. The van der Waals surface area contributed by atoms with Gasteiger partial charge in [-0.05, 0) is 22.0 Å². The molecule has 9 heteroatoms. The van der Waals surface area contributed by atoms with Crippen LogP contribution in [0.3, 0.4) is 0 Å². The molecule has 0 amide bonds. The summed E-state index contributed by atoms with van der Waals surface area (Å²) in [5.74, 6) is 0.358. The van der Waals surface area contributed by atoms with Crippen LogP contribution >= 0.6 is 15.9 Å². The summed E-state index contributed by atoms with van der Waals surface area (Å²) in [6.45, 7) is -1.25. The summed E-state index contributed by atoms with van der Waals surface area (Å²) in [6.07, 6.45) is -1.14. The molecule has 0 atom stereocenters. The number of hydrogen-bond donors (Lipinski definition) is 1. The van der Waals surface area contributed by atoms with Gasteiger partial charge in [-0.3, -0.25) is 4.98 Å². The summed E-state index contributed by atoms with van der Waals surface area (Å²) in [4.78, 5) is 7.90. The molecular formula is C10H8BrF3N4O. The zero-order chi connectivity index (χ0) is 13.9. The van der Waals surface area contributed by atoms with E-state index in [9.17, 15) is 13.2 Å². The van der Waals surface area contributed by atoms with E-state index >= 15 is 0 Å². The Hall–Kier alpha value is -1.48. The minimum absolute atomic E-state index is 0.0826. The second-order valence-corrected chi connectivity index (χ2v) is 4.54. The molecule has 0 spiro atoms. The smallest absolute Gasteiger partial charge is 0.338 e. The molecule has 2 aromatic heterocycles. The molecule has 2 aromatic rings. The predicted octanol–water partition coefficient (Wildman–Crippen LogP) is 2.55. The summed E-state index contributed by atoms with van der Waals surface area (Å²) in [5, 5.41) is 5.85. The van der Waals surface area contributed by atoms with Gasteiger partial charge in [0.05, 0.1) is 13.1 Å². The zero-order valence-corrected chi connectivity index (χ0v) is 11.0. The van der Waals surface area contributed by atoms with Gasteiger partial charge in [0.1, 0.15) is 0 Å². The third-order valence-corrected chi connectivity index (χ3v) is 2.47. The number of pyridine rings is 1. The van der Waals surface area contributed by atoms with Gasteiger partial charge in [0.25, 0.3) is 0 Å². The first-order chi connectivity index (χ1) is 8.94. The van der Waals surface area contributed by atoms with Crippen LogP contribution in [0.1, 0.15) is 5.89 Å². The van der Waals surface area contributed by atoms with E-state index in [4.69, 9.17) is 4.52 Å². The highest BCUT2D eigenvalue weighted by Gasteiger charge is 2.26. The lowest BCUT2D eigenvalue weighted by molar-refractivity contribution is -0.125. The molecule has 19 heavy (non-hydrogen) atoms. The van der Waals surface area contributed by atoms with Crippen LogP contribution in [0.5, 0.6) is 0 Å². The van der Waals surface area contributed by atoms with E-state index in [2.05, 4.69) is 36.4 Å². The summed E-state index contributed by atoms with van der Waals surface area (Å²) in [7, 11) is 0. The maximum atomic E-state index is 11.9. The Morgan fingerprint density at radius 3 is 2.79 bits per heavy atom. The van der Waals surface area contributed by atoms with Crippen molar-refractivity contribution in [2.24, 2.45) is 0 Å². The molecule has 1 N–H and O–H groups in total. The van der Waals surface area contributed by atoms with Crippen molar-refractivity contribution in [2.75, 3.05) is 6.54 Å². The van der Waals surface area contributed by atoms with Crippen LogP contribution in [0, 0.1) is 0 Å². The average Bonchev–Trinajstić information content (AvgIpc) is 2.76. The van der Waals surface area contributed by atoms with Crippen LogP contribution < -0.4 is 5.32 Å². The third-order valence-electron chi connectivity index (χ3n) is 2.03. The molecule has 2 heterocycles. The van der Waals surface area contributed by atoms with Gasteiger partial charge in [-0.15, -0.1) is 0 Å². The standard InChI is InChI=1S/C10H8BrF3N4O/c11-7-1-6(2-15-3-7)9-17-8(19-18-9)4-16-5-10(12,13)14/h1-3,16H,4-5H2. The lowest BCUT2D eigenvalue weighted by atomic mass is 10.3. The Morgan fingerprint density at radius 1 is 1.32 bits per heavy atom. The summed E-state index contributed by atoms with van der Waals surface area (Å²) >= 11 is 3.24. The molecule has 2 rings (SSSR count). The number of hydrogen-bond acceptors (Lipinski definition) is 5. The quantitative estimate of drug-likeness (QED) is 0.929. The van der Waals surface area contributed by atoms with E-state index in [1.54, 1.807) is 12.3 Å². The Kier molecular flexibility index (Phi) is 4.15. The molecular weight excluding hydrogens is 329 g/mol. The number of alkyl halides is 3. The Bertz CT molecular complexity index is 558. The molecule has 0 aliphatic heterocycles. The first kappa shape index (κ1) is 13.9. The topological polar surface area (TPSA) is 63.8 Å². The van der Waals surface area contributed by atoms with Crippen LogP contribution in [0.15, 0.2) is 27.5 Å². The van der Waals surface area contributed by atoms with Gasteiger partial charge in [-0.25, -0.2) is 0 Å². The van der Waals surface area contributed by atoms with Crippen LogP contribution in [0.4, 0.5) is 13.2 Å². The van der Waals surface area contributed by atoms with Gasteiger partial charge in [0, 0.05) is 22.4 Å². The predicted molar refractivity (Wildman–Crippen MR) is 63.0 cm³/mol. The van der Waals surface area contributed by atoms with Crippen LogP contribution in [-0.2, 0) is 6.54 Å². The number of aromatic nitrogens is 3. The first-order valence-corrected chi connectivity index (χ1v) is 5.94. The average molecular weight is 337 g/mol. The normalized spacial score (nSPS) is 11.8. The number of halogens is 4. The van der Waals surface area contributed by atoms with Gasteiger partial charge >= 0.3 is 6.18 Å². The van der Waals surface area contributed by atoms with E-state index in [1.165, 1.54) is 6.20 Å². The lowest BCUT2D eigenvalue weighted by Gasteiger charge is -2.05. The summed E-state index contributed by atoms with van der Waals surface area (Å²) in [6, 6.07) is 1.73. The maximum Gasteiger partial charge on any atom is 0.401 e. The minimum atomic E-state index is -4.27. The molecule has 0 fully saturated rings. The molecule has 5 nitrogen and oxygen atoms in total. The van der Waals surface area contributed by atoms with Gasteiger partial charge in [-0.1, -0.05) is 5.16 Å². The van der Waals surface area contributed by atoms with Crippen molar-refractivity contribution in [2.45, 2.75) is 12.7 Å². The monoisotopic (exact) mass is 336 g/mol. The van der Waals surface area contributed by atoms with E-state index < -0.39 is 12.7 Å². The van der Waals surface area contributed by atoms with Gasteiger partial charge in [0.15, 0.2) is 0 Å². The Labute approximate surface area is 114 Å². The molecule has 0 bridgehead atoms. The molecule has 102 valence electrons. The van der Waals surface area contributed by atoms with E-state index in [1.807, 2.05) is 0 Å². The highest BCUT2D eigenvalue weighted by molar-refractivity contribution is 9.10. The van der Waals surface area contributed by atoms with Gasteiger partial charge in [0.2, 0.25) is 11.7 Å². The molecule has 0 unspecified atom stereocenters. The SMILES string of the molecule is FC(F)(F)CNCc1nc(-c2cncc(Br)c2)no1. The van der Waals surface area contributed by atoms with Crippen molar-refractivity contribution in [3.63, 3.8) is 0 Å². The molecule has 0 radical (unpaired) electrons. The van der Waals surface area contributed by atoms with Crippen molar-refractivity contribution >= 4 is 15.9 Å². The second kappa shape index (κ2) is 5.66. The number of nitrogens with zero attached hydrogens (tertiary/aromatic N) is 3. The molecule has 0 aromatic carbocycles. The minimum Gasteiger partial charge on any atom is -0.338 e. The fourth-order valence-electron chi connectivity index (χ4n) is 1.29. The lowest BCUT2D eigenvalue weighted by Crippen LogP contribution is -2.28. The van der Waals surface area contributed by atoms with Crippen molar-refractivity contribution in [3.8, 4) is 11.4 Å². The molecule has 0 saturated carbocycles. The van der Waals surface area contributed by atoms with Gasteiger partial charge < -0.3 is 9.84 Å². The van der Waals surface area contributed by atoms with E-state index in [0.29, 0.717) is 5.56 Å². The highest BCUT2D eigenvalue weighted by Crippen LogP contribution is 2.19. The molecule has 0 aliphatic rings. The maximum absolute atomic E-state index is 11.9. The largest absolute Gasteiger partial charge is 0.401 e. The molecule has 0 saturated heterocycles. The van der Waals surface area contributed by atoms with Crippen LogP contribution in [-0.4, -0.2) is 27.8 Å². The van der Waals surface area contributed by atoms with Crippen molar-refractivity contribution in [1.29, 1.82) is 0 Å². The highest BCUT2D eigenvalue weighted by atomic mass is 79.9. The van der Waals surface area contributed by atoms with E-state index in [-0.39, 0.29) is 18.3 Å². The van der Waals surface area contributed by atoms with Crippen LogP contribution in [0.25, 0.3) is 11.4 Å². The third kappa shape index (κ3) is 4.28. The number of rotatable bonds is 4. The Morgan fingerprint density at radius 2 is 2.11 bits per heavy atom. The van der Waals surface area contributed by atoms with Crippen molar-refractivity contribution in [3.05, 3.63) is 28.8 Å². The first-order valence-electron chi connectivity index (χ1n) is 5.15. The number of nitrogens with one attached hydrogen (secondary N) is 1. The van der Waals surface area contributed by atoms with Gasteiger partial charge in [-0.2, -0.15) is 18.2 Å². The summed E-state index contributed by atoms with van der Waals surface area (Å²) in [5.41, 5.74) is 0.611. The zero-order valence-electron chi connectivity index (χ0n) is 9.41. The Balaban J connectivity index is 1.99. The fraction of sp³-hybridized carbons (Fsp3) is 0.300. The van der Waals surface area contributed by atoms with Crippen molar-refractivity contribution in [1.82, 2.24) is 20.4 Å². The van der Waals surface area contributed by atoms with E-state index in [0.717, 1.165) is 4.47 Å². The van der Waals surface area contributed by atoms with Crippen molar-refractivity contribution < 1.29 is 17.7 Å².